The lowest BCUT2D eigenvalue weighted by atomic mass is 10.3. The average molecular weight is 256 g/mol. The molecule has 0 spiro atoms. The molecule has 1 aromatic rings. The number of para-hydroxylation sites is 1. The molecule has 0 aromatic heterocycles. The van der Waals surface area contributed by atoms with E-state index >= 15 is 0 Å². The monoisotopic (exact) mass is 256 g/mol. The smallest absolute Gasteiger partial charge is 0.324 e. The maximum atomic E-state index is 11.4. The average Bonchev–Trinajstić information content (AvgIpc) is 3.11. The Labute approximate surface area is 99.0 Å². The predicted octanol–water partition coefficient (Wildman–Crippen LogP) is 1.23. The molecule has 17 heavy (non-hydrogen) atoms. The molecule has 1 saturated carbocycles. The van der Waals surface area contributed by atoms with Crippen LogP contribution in [0.3, 0.4) is 0 Å². The third-order valence-electron chi connectivity index (χ3n) is 2.22. The molecular formula is C10H12N2O4S. The van der Waals surface area contributed by atoms with Crippen LogP contribution in [0.2, 0.25) is 0 Å². The maximum Gasteiger partial charge on any atom is 0.445 e. The molecule has 7 heteroatoms. The van der Waals surface area contributed by atoms with Gasteiger partial charge in [-0.15, -0.1) is 0 Å². The highest BCUT2D eigenvalue weighted by atomic mass is 32.2. The summed E-state index contributed by atoms with van der Waals surface area (Å²) in [6.07, 6.45) is 0.157. The molecule has 1 aliphatic rings. The van der Waals surface area contributed by atoms with Gasteiger partial charge in [-0.25, -0.2) is 23.4 Å². The van der Waals surface area contributed by atoms with Crippen molar-refractivity contribution in [2.45, 2.75) is 18.1 Å². The molecule has 0 bridgehead atoms. The molecule has 1 amide bonds. The van der Waals surface area contributed by atoms with Crippen LogP contribution in [-0.2, 0) is 14.9 Å². The lowest BCUT2D eigenvalue weighted by molar-refractivity contribution is 0.176. The van der Waals surface area contributed by atoms with Gasteiger partial charge in [0, 0.05) is 0 Å². The summed E-state index contributed by atoms with van der Waals surface area (Å²) in [5.74, 6) is 0. The van der Waals surface area contributed by atoms with Crippen LogP contribution < -0.4 is 10.2 Å². The maximum absolute atomic E-state index is 11.4. The predicted molar refractivity (Wildman–Crippen MR) is 61.6 cm³/mol. The van der Waals surface area contributed by atoms with Crippen molar-refractivity contribution in [2.75, 3.05) is 5.48 Å². The number of anilines is 1. The molecule has 0 unspecified atom stereocenters. The molecule has 0 saturated heterocycles. The van der Waals surface area contributed by atoms with Gasteiger partial charge < -0.3 is 4.84 Å². The highest BCUT2D eigenvalue weighted by Gasteiger charge is 2.37. The first kappa shape index (κ1) is 11.7. The van der Waals surface area contributed by atoms with Gasteiger partial charge in [0.2, 0.25) is 10.0 Å². The molecule has 0 heterocycles. The fourth-order valence-electron chi connectivity index (χ4n) is 1.21. The standard InChI is InChI=1S/C10H12N2O4S/c13-10(12-17(14,15)9-6-7-9)16-11-8-4-2-1-3-5-8/h1-5,9,11H,6-7H2,(H,12,13). The number of benzene rings is 1. The summed E-state index contributed by atoms with van der Waals surface area (Å²) in [6.45, 7) is 0. The molecule has 6 nitrogen and oxygen atoms in total. The Morgan fingerprint density at radius 2 is 1.88 bits per heavy atom. The second-order valence-corrected chi connectivity index (χ2v) is 5.66. The van der Waals surface area contributed by atoms with Gasteiger partial charge in [0.15, 0.2) is 0 Å². The topological polar surface area (TPSA) is 84.5 Å². The van der Waals surface area contributed by atoms with Gasteiger partial charge in [-0.1, -0.05) is 18.2 Å². The molecule has 1 aromatic carbocycles. The number of hydrogen-bond acceptors (Lipinski definition) is 5. The van der Waals surface area contributed by atoms with E-state index in [-0.39, 0.29) is 0 Å². The highest BCUT2D eigenvalue weighted by Crippen LogP contribution is 2.27. The lowest BCUT2D eigenvalue weighted by Crippen LogP contribution is -2.34. The van der Waals surface area contributed by atoms with Crippen LogP contribution in [0, 0.1) is 0 Å². The Morgan fingerprint density at radius 3 is 2.47 bits per heavy atom. The van der Waals surface area contributed by atoms with Crippen LogP contribution in [0.1, 0.15) is 12.8 Å². The Bertz CT molecular complexity index is 496. The van der Waals surface area contributed by atoms with Gasteiger partial charge in [0.05, 0.1) is 10.9 Å². The quantitative estimate of drug-likeness (QED) is 0.791. The summed E-state index contributed by atoms with van der Waals surface area (Å²) >= 11 is 0. The summed E-state index contributed by atoms with van der Waals surface area (Å²) in [5.41, 5.74) is 2.91. The fraction of sp³-hybridized carbons (Fsp3) is 0.300. The van der Waals surface area contributed by atoms with Crippen LogP contribution >= 0.6 is 0 Å². The number of nitrogens with one attached hydrogen (secondary N) is 2. The van der Waals surface area contributed by atoms with Crippen LogP contribution in [0.25, 0.3) is 0 Å². The molecule has 2 N–H and O–H groups in total. The zero-order valence-electron chi connectivity index (χ0n) is 8.92. The second kappa shape index (κ2) is 4.62. The van der Waals surface area contributed by atoms with Gasteiger partial charge in [-0.05, 0) is 25.0 Å². The number of rotatable bonds is 4. The third-order valence-corrected chi connectivity index (χ3v) is 4.02. The molecule has 2 rings (SSSR count). The number of carbonyl (C=O) groups excluding carboxylic acids is 1. The van der Waals surface area contributed by atoms with Crippen molar-refractivity contribution in [2.24, 2.45) is 0 Å². The van der Waals surface area contributed by atoms with E-state index in [0.29, 0.717) is 18.5 Å². The SMILES string of the molecule is O=C(NS(=O)(=O)C1CC1)ONc1ccccc1. The van der Waals surface area contributed by atoms with Gasteiger partial charge in [-0.2, -0.15) is 0 Å². The van der Waals surface area contributed by atoms with E-state index in [1.807, 2.05) is 10.8 Å². The van der Waals surface area contributed by atoms with Crippen molar-refractivity contribution in [3.05, 3.63) is 30.3 Å². The Morgan fingerprint density at radius 1 is 1.24 bits per heavy atom. The number of amides is 1. The Kier molecular flexibility index (Phi) is 3.19. The van der Waals surface area contributed by atoms with Crippen LogP contribution in [-0.4, -0.2) is 19.8 Å². The van der Waals surface area contributed by atoms with Crippen LogP contribution in [0.4, 0.5) is 10.5 Å². The molecular weight excluding hydrogens is 244 g/mol. The van der Waals surface area contributed by atoms with Crippen molar-refractivity contribution < 1.29 is 18.0 Å². The van der Waals surface area contributed by atoms with Gasteiger partial charge in [-0.3, -0.25) is 0 Å². The largest absolute Gasteiger partial charge is 0.445 e. The van der Waals surface area contributed by atoms with E-state index in [1.54, 1.807) is 24.3 Å². The molecule has 0 radical (unpaired) electrons. The fourth-order valence-corrected chi connectivity index (χ4v) is 2.41. The third kappa shape index (κ3) is 3.35. The van der Waals surface area contributed by atoms with E-state index in [1.165, 1.54) is 0 Å². The van der Waals surface area contributed by atoms with E-state index in [9.17, 15) is 13.2 Å². The first-order valence-corrected chi connectivity index (χ1v) is 6.66. The normalized spacial score (nSPS) is 15.1. The van der Waals surface area contributed by atoms with Crippen LogP contribution in [0.5, 0.6) is 0 Å². The van der Waals surface area contributed by atoms with Gasteiger partial charge in [0.1, 0.15) is 0 Å². The number of carbonyl (C=O) groups is 1. The van der Waals surface area contributed by atoms with Crippen molar-refractivity contribution in [1.29, 1.82) is 0 Å². The van der Waals surface area contributed by atoms with Crippen molar-refractivity contribution in [3.63, 3.8) is 0 Å². The summed E-state index contributed by atoms with van der Waals surface area (Å²) in [4.78, 5) is 15.8. The summed E-state index contributed by atoms with van der Waals surface area (Å²) in [5, 5.41) is -0.452. The minimum absolute atomic E-state index is 0.452. The first-order valence-electron chi connectivity index (χ1n) is 5.11. The zero-order valence-corrected chi connectivity index (χ0v) is 9.74. The van der Waals surface area contributed by atoms with E-state index in [4.69, 9.17) is 0 Å². The van der Waals surface area contributed by atoms with Crippen LogP contribution in [0.15, 0.2) is 30.3 Å². The molecule has 0 atom stereocenters. The molecule has 92 valence electrons. The van der Waals surface area contributed by atoms with Gasteiger partial charge in [0.25, 0.3) is 0 Å². The van der Waals surface area contributed by atoms with Gasteiger partial charge >= 0.3 is 6.09 Å². The van der Waals surface area contributed by atoms with E-state index in [0.717, 1.165) is 0 Å². The first-order chi connectivity index (χ1) is 8.08. The molecule has 0 aliphatic heterocycles. The summed E-state index contributed by atoms with van der Waals surface area (Å²) < 4.78 is 24.6. The second-order valence-electron chi connectivity index (χ2n) is 3.70. The Hall–Kier alpha value is -1.76. The Balaban J connectivity index is 1.82. The zero-order chi connectivity index (χ0) is 12.3. The van der Waals surface area contributed by atoms with Crippen molar-refractivity contribution in [3.8, 4) is 0 Å². The summed E-state index contributed by atoms with van der Waals surface area (Å²) in [6, 6.07) is 8.68. The van der Waals surface area contributed by atoms with E-state index < -0.39 is 21.4 Å². The minimum atomic E-state index is -3.56. The van der Waals surface area contributed by atoms with Crippen molar-refractivity contribution >= 4 is 21.8 Å². The van der Waals surface area contributed by atoms with E-state index in [2.05, 4.69) is 10.3 Å². The number of sulfonamides is 1. The summed E-state index contributed by atoms with van der Waals surface area (Å²) in [7, 11) is -3.56. The van der Waals surface area contributed by atoms with Crippen molar-refractivity contribution in [1.82, 2.24) is 4.72 Å². The number of hydrogen-bond donors (Lipinski definition) is 2. The highest BCUT2D eigenvalue weighted by molar-refractivity contribution is 7.90. The molecule has 1 fully saturated rings. The lowest BCUT2D eigenvalue weighted by Gasteiger charge is -2.07. The molecule has 1 aliphatic carbocycles. The minimum Gasteiger partial charge on any atom is -0.324 e.